The first-order valence-corrected chi connectivity index (χ1v) is 14.7. The standard InChI is InChI=1S/C33H36N8O3/c1-33(2,3)44-32(42)40-17-7-16-39(18-19-40)30-20-25(12-13-36-30)41-28-21-26(43-23-24-8-5-4-6-9-24)10-11-27(28)31(38-41)37-29-22-34-14-15-35-29/h4-6,8-15,20-22H,7,16-19,23H2,1-3H3,(H,35,37,38). The Labute approximate surface area is 256 Å². The minimum Gasteiger partial charge on any atom is -0.489 e. The Kier molecular flexibility index (Phi) is 8.27. The second-order valence-corrected chi connectivity index (χ2v) is 11.6. The Balaban J connectivity index is 1.29. The van der Waals surface area contributed by atoms with Crippen LogP contribution < -0.4 is 15.0 Å². The maximum Gasteiger partial charge on any atom is 0.410 e. The van der Waals surface area contributed by atoms with Gasteiger partial charge in [0, 0.05) is 62.3 Å². The predicted octanol–water partition coefficient (Wildman–Crippen LogP) is 5.98. The first-order chi connectivity index (χ1) is 21.3. The summed E-state index contributed by atoms with van der Waals surface area (Å²) in [5, 5.41) is 9.17. The number of aromatic nitrogens is 5. The van der Waals surface area contributed by atoms with Crippen molar-refractivity contribution in [3.05, 3.63) is 91.0 Å². The summed E-state index contributed by atoms with van der Waals surface area (Å²) in [5.74, 6) is 2.80. The molecule has 0 bridgehead atoms. The van der Waals surface area contributed by atoms with Gasteiger partial charge in [0.2, 0.25) is 0 Å². The van der Waals surface area contributed by atoms with Gasteiger partial charge in [-0.25, -0.2) is 19.4 Å². The van der Waals surface area contributed by atoms with Crippen molar-refractivity contribution in [1.29, 1.82) is 0 Å². The monoisotopic (exact) mass is 592 g/mol. The maximum absolute atomic E-state index is 12.7. The van der Waals surface area contributed by atoms with E-state index in [4.69, 9.17) is 14.6 Å². The zero-order chi connectivity index (χ0) is 30.5. The lowest BCUT2D eigenvalue weighted by Crippen LogP contribution is -2.39. The van der Waals surface area contributed by atoms with Crippen LogP contribution >= 0.6 is 0 Å². The fraction of sp³-hybridized carbons (Fsp3) is 0.303. The summed E-state index contributed by atoms with van der Waals surface area (Å²) in [6.45, 7) is 8.72. The highest BCUT2D eigenvalue weighted by Crippen LogP contribution is 2.32. The highest BCUT2D eigenvalue weighted by molar-refractivity contribution is 5.93. The number of anilines is 3. The molecule has 5 aromatic rings. The smallest absolute Gasteiger partial charge is 0.410 e. The van der Waals surface area contributed by atoms with Gasteiger partial charge in [-0.2, -0.15) is 0 Å². The van der Waals surface area contributed by atoms with Crippen LogP contribution in [0.5, 0.6) is 5.75 Å². The van der Waals surface area contributed by atoms with Gasteiger partial charge < -0.3 is 24.6 Å². The molecule has 1 aliphatic rings. The Morgan fingerprint density at radius 2 is 1.80 bits per heavy atom. The molecule has 4 heterocycles. The van der Waals surface area contributed by atoms with Gasteiger partial charge in [0.25, 0.3) is 0 Å². The van der Waals surface area contributed by atoms with Gasteiger partial charge in [0.15, 0.2) is 5.82 Å². The van der Waals surface area contributed by atoms with Crippen molar-refractivity contribution in [3.63, 3.8) is 0 Å². The number of pyridine rings is 1. The van der Waals surface area contributed by atoms with E-state index in [1.807, 2.05) is 86.1 Å². The number of ether oxygens (including phenoxy) is 2. The summed E-state index contributed by atoms with van der Waals surface area (Å²) < 4.78 is 13.7. The summed E-state index contributed by atoms with van der Waals surface area (Å²) in [5.41, 5.74) is 2.28. The van der Waals surface area contributed by atoms with E-state index < -0.39 is 5.60 Å². The van der Waals surface area contributed by atoms with Crippen molar-refractivity contribution in [3.8, 4) is 11.4 Å². The number of rotatable bonds is 7. The molecule has 0 spiro atoms. The summed E-state index contributed by atoms with van der Waals surface area (Å²) in [4.78, 5) is 29.9. The average Bonchev–Trinajstić information content (AvgIpc) is 3.19. The topological polar surface area (TPSA) is 111 Å². The molecular weight excluding hydrogens is 556 g/mol. The van der Waals surface area contributed by atoms with Crippen LogP contribution in [0.25, 0.3) is 16.6 Å². The number of carbonyl (C=O) groups excluding carboxylic acids is 1. The first-order valence-electron chi connectivity index (χ1n) is 14.7. The lowest BCUT2D eigenvalue weighted by Gasteiger charge is -2.26. The van der Waals surface area contributed by atoms with E-state index in [0.717, 1.165) is 46.7 Å². The van der Waals surface area contributed by atoms with Gasteiger partial charge in [-0.05, 0) is 51.0 Å². The summed E-state index contributed by atoms with van der Waals surface area (Å²) >= 11 is 0. The largest absolute Gasteiger partial charge is 0.489 e. The van der Waals surface area contributed by atoms with E-state index in [-0.39, 0.29) is 6.09 Å². The lowest BCUT2D eigenvalue weighted by atomic mass is 10.2. The van der Waals surface area contributed by atoms with Gasteiger partial charge in [0.05, 0.1) is 17.4 Å². The minimum atomic E-state index is -0.529. The molecule has 1 aliphatic heterocycles. The van der Waals surface area contributed by atoms with Crippen molar-refractivity contribution >= 4 is 34.4 Å². The second kappa shape index (κ2) is 12.6. The molecule has 0 saturated carbocycles. The zero-order valence-electron chi connectivity index (χ0n) is 25.2. The van der Waals surface area contributed by atoms with Crippen molar-refractivity contribution in [1.82, 2.24) is 29.6 Å². The first kappa shape index (κ1) is 28.9. The molecule has 0 aliphatic carbocycles. The third kappa shape index (κ3) is 6.88. The van der Waals surface area contributed by atoms with Crippen molar-refractivity contribution < 1.29 is 14.3 Å². The SMILES string of the molecule is CC(C)(C)OC(=O)N1CCCN(c2cc(-n3nc(Nc4cnccn4)c4ccc(OCc5ccccc5)cc43)ccn2)CC1. The van der Waals surface area contributed by atoms with E-state index in [0.29, 0.717) is 37.9 Å². The van der Waals surface area contributed by atoms with Crippen LogP contribution in [0.2, 0.25) is 0 Å². The fourth-order valence-corrected chi connectivity index (χ4v) is 5.07. The summed E-state index contributed by atoms with van der Waals surface area (Å²) in [7, 11) is 0. The van der Waals surface area contributed by atoms with E-state index in [9.17, 15) is 4.79 Å². The number of carbonyl (C=O) groups is 1. The van der Waals surface area contributed by atoms with E-state index in [2.05, 4.69) is 25.2 Å². The number of hydrogen-bond acceptors (Lipinski definition) is 9. The normalized spacial score (nSPS) is 13.9. The van der Waals surface area contributed by atoms with Gasteiger partial charge >= 0.3 is 6.09 Å². The number of hydrogen-bond donors (Lipinski definition) is 1. The Morgan fingerprint density at radius 1 is 0.932 bits per heavy atom. The van der Waals surface area contributed by atoms with Gasteiger partial charge in [-0.3, -0.25) is 4.98 Å². The third-order valence-corrected chi connectivity index (χ3v) is 7.16. The molecular formula is C33H36N8O3. The van der Waals surface area contributed by atoms with Crippen LogP contribution in [0.3, 0.4) is 0 Å². The molecule has 1 fully saturated rings. The Morgan fingerprint density at radius 3 is 2.59 bits per heavy atom. The lowest BCUT2D eigenvalue weighted by molar-refractivity contribution is 0.0263. The molecule has 11 nitrogen and oxygen atoms in total. The molecule has 1 amide bonds. The Bertz CT molecular complexity index is 1720. The van der Waals surface area contributed by atoms with Crippen LogP contribution in [0.1, 0.15) is 32.8 Å². The highest BCUT2D eigenvalue weighted by Gasteiger charge is 2.25. The number of nitrogens with zero attached hydrogens (tertiary/aromatic N) is 7. The maximum atomic E-state index is 12.7. The van der Waals surface area contributed by atoms with Crippen LogP contribution in [0.4, 0.5) is 22.2 Å². The molecule has 1 saturated heterocycles. The molecule has 0 radical (unpaired) electrons. The van der Waals surface area contributed by atoms with Crippen LogP contribution in [-0.2, 0) is 11.3 Å². The Hall–Kier alpha value is -5.19. The van der Waals surface area contributed by atoms with Crippen molar-refractivity contribution in [2.75, 3.05) is 36.4 Å². The molecule has 2 aromatic carbocycles. The number of nitrogens with one attached hydrogen (secondary N) is 1. The van der Waals surface area contributed by atoms with Crippen LogP contribution in [-0.4, -0.2) is 67.5 Å². The van der Waals surface area contributed by atoms with Crippen molar-refractivity contribution in [2.24, 2.45) is 0 Å². The molecule has 1 N–H and O–H groups in total. The molecule has 6 rings (SSSR count). The van der Waals surface area contributed by atoms with Gasteiger partial charge in [0.1, 0.15) is 29.6 Å². The zero-order valence-corrected chi connectivity index (χ0v) is 25.2. The molecule has 11 heteroatoms. The summed E-state index contributed by atoms with van der Waals surface area (Å²) in [6, 6.07) is 20.0. The predicted molar refractivity (Wildman–Crippen MR) is 170 cm³/mol. The molecule has 0 atom stereocenters. The molecule has 3 aromatic heterocycles. The quantitative estimate of drug-likeness (QED) is 0.244. The van der Waals surface area contributed by atoms with E-state index >= 15 is 0 Å². The average molecular weight is 593 g/mol. The highest BCUT2D eigenvalue weighted by atomic mass is 16.6. The number of benzene rings is 2. The third-order valence-electron chi connectivity index (χ3n) is 7.16. The van der Waals surface area contributed by atoms with Gasteiger partial charge in [-0.1, -0.05) is 30.3 Å². The van der Waals surface area contributed by atoms with E-state index in [1.165, 1.54) is 0 Å². The van der Waals surface area contributed by atoms with Crippen LogP contribution in [0.15, 0.2) is 85.5 Å². The minimum absolute atomic E-state index is 0.280. The molecule has 0 unspecified atom stereocenters. The molecule has 44 heavy (non-hydrogen) atoms. The number of amides is 1. The van der Waals surface area contributed by atoms with Gasteiger partial charge in [-0.15, -0.1) is 5.10 Å². The van der Waals surface area contributed by atoms with E-state index in [1.54, 1.807) is 29.7 Å². The molecule has 226 valence electrons. The van der Waals surface area contributed by atoms with Crippen molar-refractivity contribution in [2.45, 2.75) is 39.4 Å². The summed E-state index contributed by atoms with van der Waals surface area (Å²) in [6.07, 6.45) is 7.25. The number of fused-ring (bicyclic) bond motifs is 1. The fourth-order valence-electron chi connectivity index (χ4n) is 5.07. The van der Waals surface area contributed by atoms with Crippen LogP contribution in [0, 0.1) is 0 Å². The second-order valence-electron chi connectivity index (χ2n) is 11.6.